The predicted octanol–water partition coefficient (Wildman–Crippen LogP) is 1.66. The Kier molecular flexibility index (Phi) is 3.94. The number of pyridine rings is 1. The first-order valence-electron chi connectivity index (χ1n) is 4.54. The molecule has 0 amide bonds. The lowest BCUT2D eigenvalue weighted by molar-refractivity contribution is -0.275. The Morgan fingerprint density at radius 1 is 1.50 bits per heavy atom. The maximum absolute atomic E-state index is 12.6. The van der Waals surface area contributed by atoms with Crippen molar-refractivity contribution in [1.82, 2.24) is 4.98 Å². The molecule has 18 heavy (non-hydrogen) atoms. The lowest BCUT2D eigenvalue weighted by Gasteiger charge is -2.14. The van der Waals surface area contributed by atoms with Crippen LogP contribution in [0.2, 0.25) is 0 Å². The van der Waals surface area contributed by atoms with Gasteiger partial charge in [0, 0.05) is 0 Å². The van der Waals surface area contributed by atoms with Gasteiger partial charge in [-0.25, -0.2) is 4.39 Å². The molecule has 1 rings (SSSR count). The van der Waals surface area contributed by atoms with Crippen LogP contribution in [0.1, 0.15) is 11.3 Å². The Labute approximate surface area is 98.2 Å². The van der Waals surface area contributed by atoms with Gasteiger partial charge >= 0.3 is 12.3 Å². The molecule has 1 heterocycles. The smallest absolute Gasteiger partial charge is 0.481 e. The zero-order valence-electron chi connectivity index (χ0n) is 8.79. The fourth-order valence-corrected chi connectivity index (χ4v) is 1.23. The summed E-state index contributed by atoms with van der Waals surface area (Å²) in [5.41, 5.74) is 4.10. The summed E-state index contributed by atoms with van der Waals surface area (Å²) < 4.78 is 52.1. The first kappa shape index (κ1) is 14.0. The van der Waals surface area contributed by atoms with Crippen LogP contribution in [-0.4, -0.2) is 22.4 Å². The molecule has 0 fully saturated rings. The molecule has 5 nitrogen and oxygen atoms in total. The van der Waals surface area contributed by atoms with Crippen LogP contribution in [0.3, 0.4) is 0 Å². The number of nitrogens with two attached hydrogens (primary N) is 1. The fourth-order valence-electron chi connectivity index (χ4n) is 1.23. The normalized spacial score (nSPS) is 11.3. The summed E-state index contributed by atoms with van der Waals surface area (Å²) in [4.78, 5) is 13.8. The maximum Gasteiger partial charge on any atom is 0.573 e. The number of carboxylic acids is 1. The van der Waals surface area contributed by atoms with Crippen LogP contribution in [0.25, 0.3) is 0 Å². The van der Waals surface area contributed by atoms with E-state index in [1.807, 2.05) is 0 Å². The predicted molar refractivity (Wildman–Crippen MR) is 51.5 cm³/mol. The van der Waals surface area contributed by atoms with Crippen molar-refractivity contribution >= 4 is 11.7 Å². The van der Waals surface area contributed by atoms with E-state index in [1.54, 1.807) is 0 Å². The number of hydrogen-bond acceptors (Lipinski definition) is 4. The number of halogens is 4. The monoisotopic (exact) mass is 268 g/mol. The van der Waals surface area contributed by atoms with Crippen molar-refractivity contribution < 1.29 is 32.2 Å². The van der Waals surface area contributed by atoms with Gasteiger partial charge in [-0.15, -0.1) is 13.2 Å². The second kappa shape index (κ2) is 5.07. The number of ether oxygens (including phenoxy) is 1. The fraction of sp³-hybridized carbons (Fsp3) is 0.333. The minimum absolute atomic E-state index is 0.218. The highest BCUT2D eigenvalue weighted by atomic mass is 19.4. The molecule has 0 bridgehead atoms. The van der Waals surface area contributed by atoms with Crippen molar-refractivity contribution in [2.75, 3.05) is 5.73 Å². The van der Waals surface area contributed by atoms with E-state index in [1.165, 1.54) is 0 Å². The number of carboxylic acid groups (broad SMARTS) is 1. The van der Waals surface area contributed by atoms with Gasteiger partial charge in [-0.3, -0.25) is 9.78 Å². The summed E-state index contributed by atoms with van der Waals surface area (Å²) in [7, 11) is 0. The topological polar surface area (TPSA) is 85.4 Å². The first-order chi connectivity index (χ1) is 8.24. The molecular weight excluding hydrogens is 260 g/mol. The maximum atomic E-state index is 12.6. The van der Waals surface area contributed by atoms with Crippen LogP contribution in [0.4, 0.5) is 23.2 Å². The Morgan fingerprint density at radius 2 is 2.11 bits per heavy atom. The van der Waals surface area contributed by atoms with Crippen molar-refractivity contribution in [2.45, 2.75) is 19.5 Å². The number of carbonyl (C=O) groups is 1. The minimum Gasteiger partial charge on any atom is -0.481 e. The van der Waals surface area contributed by atoms with E-state index in [9.17, 15) is 22.4 Å². The molecule has 0 atom stereocenters. The molecule has 0 aliphatic carbocycles. The number of aromatic nitrogens is 1. The summed E-state index contributed by atoms with van der Waals surface area (Å²) >= 11 is 0. The Morgan fingerprint density at radius 3 is 2.56 bits per heavy atom. The highest BCUT2D eigenvalue weighted by Crippen LogP contribution is 2.31. The average Bonchev–Trinajstić information content (AvgIpc) is 2.20. The molecule has 9 heteroatoms. The van der Waals surface area contributed by atoms with Crippen LogP contribution in [0, 0.1) is 0 Å². The van der Waals surface area contributed by atoms with Gasteiger partial charge in [-0.2, -0.15) is 0 Å². The van der Waals surface area contributed by atoms with E-state index in [-0.39, 0.29) is 5.69 Å². The quantitative estimate of drug-likeness (QED) is 0.811. The van der Waals surface area contributed by atoms with Crippen LogP contribution in [-0.2, 0) is 17.9 Å². The van der Waals surface area contributed by atoms with Gasteiger partial charge in [-0.05, 0) is 0 Å². The molecule has 0 saturated carbocycles. The number of nitrogens with zero attached hydrogens (tertiary/aromatic N) is 1. The number of nitrogen functional groups attached to an aromatic ring is 1. The standard InChI is InChI=1S/C9H8F4N2O3/c10-2-4-6(18-9(11,12)13)3-15-5(8(4)14)1-7(16)17/h3H,1-2,14H2,(H,16,17). The third-order valence-corrected chi connectivity index (χ3v) is 1.95. The van der Waals surface area contributed by atoms with Crippen LogP contribution < -0.4 is 10.5 Å². The molecule has 0 aromatic carbocycles. The Balaban J connectivity index is 3.16. The van der Waals surface area contributed by atoms with Gasteiger partial charge in [0.2, 0.25) is 0 Å². The van der Waals surface area contributed by atoms with Gasteiger partial charge in [-0.1, -0.05) is 0 Å². The summed E-state index contributed by atoms with van der Waals surface area (Å²) in [5, 5.41) is 8.51. The van der Waals surface area contributed by atoms with E-state index >= 15 is 0 Å². The van der Waals surface area contributed by atoms with Crippen LogP contribution in [0.15, 0.2) is 6.20 Å². The summed E-state index contributed by atoms with van der Waals surface area (Å²) in [6, 6.07) is 0. The van der Waals surface area contributed by atoms with Crippen LogP contribution >= 0.6 is 0 Å². The average molecular weight is 268 g/mol. The third kappa shape index (κ3) is 3.47. The number of hydrogen-bond donors (Lipinski definition) is 2. The molecule has 1 aromatic rings. The van der Waals surface area contributed by atoms with Gasteiger partial charge in [0.05, 0.1) is 29.6 Å². The molecule has 100 valence electrons. The molecule has 3 N–H and O–H groups in total. The third-order valence-electron chi connectivity index (χ3n) is 1.95. The first-order valence-corrected chi connectivity index (χ1v) is 4.54. The minimum atomic E-state index is -5.01. The lowest BCUT2D eigenvalue weighted by atomic mass is 10.1. The molecule has 0 radical (unpaired) electrons. The van der Waals surface area contributed by atoms with E-state index in [0.717, 1.165) is 0 Å². The molecule has 0 unspecified atom stereocenters. The molecule has 0 spiro atoms. The number of aliphatic carboxylic acids is 1. The van der Waals surface area contributed by atoms with Gasteiger partial charge in [0.1, 0.15) is 6.67 Å². The van der Waals surface area contributed by atoms with Crippen molar-refractivity contribution in [3.05, 3.63) is 17.5 Å². The summed E-state index contributed by atoms with van der Waals surface area (Å²) in [6.45, 7) is -1.33. The largest absolute Gasteiger partial charge is 0.573 e. The Hall–Kier alpha value is -2.06. The molecule has 0 saturated heterocycles. The molecule has 0 aliphatic heterocycles. The second-order valence-corrected chi connectivity index (χ2v) is 3.21. The molecule has 1 aromatic heterocycles. The zero-order valence-corrected chi connectivity index (χ0v) is 8.79. The molecular formula is C9H8F4N2O3. The van der Waals surface area contributed by atoms with Crippen molar-refractivity contribution in [2.24, 2.45) is 0 Å². The van der Waals surface area contributed by atoms with Gasteiger partial charge in [0.15, 0.2) is 5.75 Å². The Bertz CT molecular complexity index is 462. The highest BCUT2D eigenvalue weighted by Gasteiger charge is 2.33. The second-order valence-electron chi connectivity index (χ2n) is 3.21. The molecule has 0 aliphatic rings. The van der Waals surface area contributed by atoms with Crippen molar-refractivity contribution in [1.29, 1.82) is 0 Å². The van der Waals surface area contributed by atoms with E-state index in [4.69, 9.17) is 10.8 Å². The van der Waals surface area contributed by atoms with Crippen LogP contribution in [0.5, 0.6) is 5.75 Å². The SMILES string of the molecule is Nc1c(CC(=O)O)ncc(OC(F)(F)F)c1CF. The van der Waals surface area contributed by atoms with Gasteiger partial charge in [0.25, 0.3) is 0 Å². The highest BCUT2D eigenvalue weighted by molar-refractivity contribution is 5.73. The van der Waals surface area contributed by atoms with Crippen molar-refractivity contribution in [3.8, 4) is 5.75 Å². The van der Waals surface area contributed by atoms with Gasteiger partial charge < -0.3 is 15.6 Å². The number of rotatable bonds is 4. The zero-order chi connectivity index (χ0) is 13.9. The number of anilines is 1. The van der Waals surface area contributed by atoms with E-state index in [0.29, 0.717) is 6.20 Å². The van der Waals surface area contributed by atoms with E-state index in [2.05, 4.69) is 9.72 Å². The summed E-state index contributed by atoms with van der Waals surface area (Å²) in [5.74, 6) is -2.17. The summed E-state index contributed by atoms with van der Waals surface area (Å²) in [6.07, 6.45) is -5.03. The number of alkyl halides is 4. The van der Waals surface area contributed by atoms with E-state index < -0.39 is 42.4 Å². The van der Waals surface area contributed by atoms with Crippen molar-refractivity contribution in [3.63, 3.8) is 0 Å². The lowest BCUT2D eigenvalue weighted by Crippen LogP contribution is -2.19.